The predicted molar refractivity (Wildman–Crippen MR) is 132 cm³/mol. The number of rotatable bonds is 9. The van der Waals surface area contributed by atoms with Gasteiger partial charge in [0.25, 0.3) is 0 Å². The molecule has 0 saturated carbocycles. The Labute approximate surface area is 214 Å². The van der Waals surface area contributed by atoms with Gasteiger partial charge in [0.2, 0.25) is 5.54 Å². The van der Waals surface area contributed by atoms with Crippen LogP contribution in [-0.4, -0.2) is 42.4 Å². The Hall–Kier alpha value is -2.97. The number of carbonyl (C=O) groups excluding carboxylic acids is 3. The summed E-state index contributed by atoms with van der Waals surface area (Å²) in [4.78, 5) is 38.6. The number of amides is 1. The lowest BCUT2D eigenvalue weighted by Crippen LogP contribution is -2.63. The molecular formula is C25H29Cl2NO7. The van der Waals surface area contributed by atoms with Crippen molar-refractivity contribution >= 4 is 41.2 Å². The molecule has 0 fully saturated rings. The topological polar surface area (TPSA) is 100 Å². The van der Waals surface area contributed by atoms with Crippen molar-refractivity contribution in [1.82, 2.24) is 5.32 Å². The van der Waals surface area contributed by atoms with Crippen molar-refractivity contribution < 1.29 is 33.3 Å². The Kier molecular flexibility index (Phi) is 9.80. The zero-order chi connectivity index (χ0) is 26.2. The van der Waals surface area contributed by atoms with Crippen molar-refractivity contribution in [2.24, 2.45) is 0 Å². The van der Waals surface area contributed by atoms with Gasteiger partial charge in [-0.05, 0) is 70.5 Å². The molecule has 0 spiro atoms. The first-order valence-electron chi connectivity index (χ1n) is 11.0. The van der Waals surface area contributed by atoms with Gasteiger partial charge in [0.15, 0.2) is 0 Å². The van der Waals surface area contributed by atoms with E-state index < -0.39 is 29.2 Å². The number of nitrogens with one attached hydrogen (secondary N) is 1. The number of hydrogen-bond acceptors (Lipinski definition) is 7. The summed E-state index contributed by atoms with van der Waals surface area (Å²) in [5.41, 5.74) is -2.49. The Morgan fingerprint density at radius 2 is 1.34 bits per heavy atom. The molecule has 0 aliphatic heterocycles. The van der Waals surface area contributed by atoms with Gasteiger partial charge in [0, 0.05) is 16.5 Å². The van der Waals surface area contributed by atoms with Crippen LogP contribution < -0.4 is 10.1 Å². The molecule has 0 atom stereocenters. The Balaban J connectivity index is 2.37. The van der Waals surface area contributed by atoms with E-state index in [-0.39, 0.29) is 19.6 Å². The van der Waals surface area contributed by atoms with E-state index in [9.17, 15) is 14.4 Å². The quantitative estimate of drug-likeness (QED) is 0.254. The summed E-state index contributed by atoms with van der Waals surface area (Å²) < 4.78 is 21.3. The van der Waals surface area contributed by atoms with Gasteiger partial charge < -0.3 is 18.9 Å². The molecule has 10 heteroatoms. The summed E-state index contributed by atoms with van der Waals surface area (Å²) in [6.45, 7) is 8.15. The minimum atomic E-state index is -2.16. The molecule has 0 aliphatic rings. The summed E-state index contributed by atoms with van der Waals surface area (Å²) in [6, 6.07) is 11.4. The molecule has 0 heterocycles. The molecule has 0 aliphatic carbocycles. The molecule has 0 aromatic heterocycles. The molecule has 2 aromatic carbocycles. The van der Waals surface area contributed by atoms with E-state index >= 15 is 0 Å². The van der Waals surface area contributed by atoms with Crippen LogP contribution in [0.4, 0.5) is 4.79 Å². The van der Waals surface area contributed by atoms with Gasteiger partial charge in [-0.1, -0.05) is 35.3 Å². The molecule has 0 bridgehead atoms. The smallest absolute Gasteiger partial charge is 0.409 e. The highest BCUT2D eigenvalue weighted by atomic mass is 35.5. The second-order valence-electron chi connectivity index (χ2n) is 8.50. The second-order valence-corrected chi connectivity index (χ2v) is 9.37. The maximum absolute atomic E-state index is 13.0. The summed E-state index contributed by atoms with van der Waals surface area (Å²) in [6.07, 6.45) is -1.20. The fourth-order valence-corrected chi connectivity index (χ4v) is 3.57. The lowest BCUT2D eigenvalue weighted by atomic mass is 9.90. The molecular weight excluding hydrogens is 497 g/mol. The predicted octanol–water partition coefficient (Wildman–Crippen LogP) is 5.72. The van der Waals surface area contributed by atoms with Gasteiger partial charge in [0.1, 0.15) is 17.1 Å². The molecule has 190 valence electrons. The number of esters is 2. The standard InChI is InChI=1S/C25H29Cl2NO7/c1-6-32-21(29)25(22(30)33-7-2,28-23(31)35-24(3,4)5)15-16-8-10-19(11-9-16)34-20-13-17(26)12-18(27)14-20/h8-14H,6-7,15H2,1-5H3,(H,28,31). The minimum Gasteiger partial charge on any atom is -0.464 e. The van der Waals surface area contributed by atoms with Crippen LogP contribution >= 0.6 is 23.2 Å². The van der Waals surface area contributed by atoms with Crippen molar-refractivity contribution in [3.8, 4) is 11.5 Å². The van der Waals surface area contributed by atoms with Crippen molar-refractivity contribution in [2.45, 2.75) is 52.2 Å². The van der Waals surface area contributed by atoms with Crippen LogP contribution in [0.1, 0.15) is 40.2 Å². The van der Waals surface area contributed by atoms with Crippen LogP contribution in [0, 0.1) is 0 Å². The zero-order valence-electron chi connectivity index (χ0n) is 20.3. The number of alkyl carbamates (subject to hydrolysis) is 1. The number of carbonyl (C=O) groups is 3. The van der Waals surface area contributed by atoms with Gasteiger partial charge in [-0.2, -0.15) is 0 Å². The van der Waals surface area contributed by atoms with Crippen molar-refractivity contribution in [1.29, 1.82) is 0 Å². The van der Waals surface area contributed by atoms with Crippen LogP contribution in [0.25, 0.3) is 0 Å². The zero-order valence-corrected chi connectivity index (χ0v) is 21.8. The summed E-state index contributed by atoms with van der Waals surface area (Å²) in [7, 11) is 0. The molecule has 8 nitrogen and oxygen atoms in total. The van der Waals surface area contributed by atoms with Crippen LogP contribution in [0.15, 0.2) is 42.5 Å². The van der Waals surface area contributed by atoms with Gasteiger partial charge >= 0.3 is 18.0 Å². The summed E-state index contributed by atoms with van der Waals surface area (Å²) in [5, 5.41) is 3.25. The average Bonchev–Trinajstić information content (AvgIpc) is 2.72. The van der Waals surface area contributed by atoms with Crippen LogP contribution in [0.3, 0.4) is 0 Å². The molecule has 0 radical (unpaired) electrons. The van der Waals surface area contributed by atoms with E-state index in [0.717, 1.165) is 0 Å². The van der Waals surface area contributed by atoms with E-state index in [0.29, 0.717) is 27.1 Å². The molecule has 0 unspecified atom stereocenters. The van der Waals surface area contributed by atoms with E-state index in [1.807, 2.05) is 0 Å². The van der Waals surface area contributed by atoms with Crippen molar-refractivity contribution in [2.75, 3.05) is 13.2 Å². The van der Waals surface area contributed by atoms with E-state index in [1.165, 1.54) is 0 Å². The highest BCUT2D eigenvalue weighted by molar-refractivity contribution is 6.34. The van der Waals surface area contributed by atoms with Crippen molar-refractivity contribution in [3.63, 3.8) is 0 Å². The van der Waals surface area contributed by atoms with Gasteiger partial charge in [-0.15, -0.1) is 0 Å². The highest BCUT2D eigenvalue weighted by Gasteiger charge is 2.51. The van der Waals surface area contributed by atoms with E-state index in [2.05, 4.69) is 5.32 Å². The Bertz CT molecular complexity index is 1010. The molecule has 35 heavy (non-hydrogen) atoms. The molecule has 2 aromatic rings. The van der Waals surface area contributed by atoms with E-state index in [4.69, 9.17) is 42.1 Å². The maximum Gasteiger partial charge on any atom is 0.409 e. The van der Waals surface area contributed by atoms with Crippen LogP contribution in [-0.2, 0) is 30.2 Å². The molecule has 1 amide bonds. The number of benzene rings is 2. The lowest BCUT2D eigenvalue weighted by molar-refractivity contribution is -0.166. The average molecular weight is 526 g/mol. The monoisotopic (exact) mass is 525 g/mol. The third-order valence-electron chi connectivity index (χ3n) is 4.43. The Morgan fingerprint density at radius 3 is 1.80 bits per heavy atom. The largest absolute Gasteiger partial charge is 0.464 e. The molecule has 2 rings (SSSR count). The second kappa shape index (κ2) is 12.1. The fraction of sp³-hybridized carbons (Fsp3) is 0.400. The normalized spacial score (nSPS) is 11.4. The van der Waals surface area contributed by atoms with Gasteiger partial charge in [0.05, 0.1) is 13.2 Å². The minimum absolute atomic E-state index is 0.00897. The summed E-state index contributed by atoms with van der Waals surface area (Å²) in [5.74, 6) is -1.02. The molecule has 0 saturated heterocycles. The first kappa shape index (κ1) is 28.3. The summed E-state index contributed by atoms with van der Waals surface area (Å²) >= 11 is 12.0. The Morgan fingerprint density at radius 1 is 0.829 bits per heavy atom. The first-order valence-corrected chi connectivity index (χ1v) is 11.7. The van der Waals surface area contributed by atoms with Crippen LogP contribution in [0.5, 0.6) is 11.5 Å². The van der Waals surface area contributed by atoms with Crippen LogP contribution in [0.2, 0.25) is 10.0 Å². The number of halogens is 2. The fourth-order valence-electron chi connectivity index (χ4n) is 3.07. The number of hydrogen-bond donors (Lipinski definition) is 1. The van der Waals surface area contributed by atoms with Gasteiger partial charge in [-0.3, -0.25) is 5.32 Å². The molecule has 1 N–H and O–H groups in total. The third kappa shape index (κ3) is 8.33. The maximum atomic E-state index is 13.0. The number of ether oxygens (including phenoxy) is 4. The lowest BCUT2D eigenvalue weighted by Gasteiger charge is -2.31. The SMILES string of the molecule is CCOC(=O)C(Cc1ccc(Oc2cc(Cl)cc(Cl)c2)cc1)(NC(=O)OC(C)(C)C)C(=O)OCC. The highest BCUT2D eigenvalue weighted by Crippen LogP contribution is 2.29. The first-order chi connectivity index (χ1) is 16.4. The van der Waals surface area contributed by atoms with Gasteiger partial charge in [-0.25, -0.2) is 14.4 Å². The van der Waals surface area contributed by atoms with E-state index in [1.54, 1.807) is 77.1 Å². The van der Waals surface area contributed by atoms with Crippen molar-refractivity contribution in [3.05, 3.63) is 58.1 Å². The third-order valence-corrected chi connectivity index (χ3v) is 4.86.